The van der Waals surface area contributed by atoms with Crippen LogP contribution in [-0.4, -0.2) is 182 Å². The fraction of sp³-hybridized carbons (Fsp3) is 0.537. The number of nitrogens with zero attached hydrogens (tertiary/aromatic N) is 13. The second-order valence-corrected chi connectivity index (χ2v) is 20.2. The number of halogens is 1. The third-order valence-corrected chi connectivity index (χ3v) is 13.9. The highest BCUT2D eigenvalue weighted by atomic mass is 35.5. The van der Waals surface area contributed by atoms with Gasteiger partial charge in [0.25, 0.3) is 0 Å². The van der Waals surface area contributed by atoms with Gasteiger partial charge < -0.3 is 78.8 Å². The Kier molecular flexibility index (Phi) is 22.5. The summed E-state index contributed by atoms with van der Waals surface area (Å²) >= 11 is 0. The van der Waals surface area contributed by atoms with Crippen molar-refractivity contribution in [3.8, 4) is 18.1 Å². The number of nitrogens with two attached hydrogens (primary N) is 3. The molecule has 4 atom stereocenters. The van der Waals surface area contributed by atoms with E-state index in [0.29, 0.717) is 153 Å². The Balaban J connectivity index is 0.00000903. The smallest absolute Gasteiger partial charge is 0.248 e. The summed E-state index contributed by atoms with van der Waals surface area (Å²) in [6, 6.07) is 14.9. The zero-order chi connectivity index (χ0) is 54.8. The molecule has 2 aliphatic rings. The number of hydrogen-bond donors (Lipinski definition) is 6. The fourth-order valence-corrected chi connectivity index (χ4v) is 9.64. The molecule has 79 heavy (non-hydrogen) atoms. The molecule has 2 saturated heterocycles. The molecule has 8 rings (SSSR count). The predicted octanol–water partition coefficient (Wildman–Crippen LogP) is -0.220. The van der Waals surface area contributed by atoms with Gasteiger partial charge in [-0.3, -0.25) is 9.59 Å². The molecule has 0 radical (unpaired) electrons. The lowest BCUT2D eigenvalue weighted by Gasteiger charge is -2.38. The van der Waals surface area contributed by atoms with Crippen molar-refractivity contribution in [3.63, 3.8) is 0 Å². The highest BCUT2D eigenvalue weighted by Gasteiger charge is 2.34. The van der Waals surface area contributed by atoms with Gasteiger partial charge in [0.15, 0.2) is 0 Å². The van der Waals surface area contributed by atoms with E-state index >= 15 is 0 Å². The Morgan fingerprint density at radius 3 is 1.94 bits per heavy atom. The lowest BCUT2D eigenvalue weighted by atomic mass is 10.0. The maximum absolute atomic E-state index is 14.8. The monoisotopic (exact) mass is 1110 g/mol. The van der Waals surface area contributed by atoms with Crippen LogP contribution in [-0.2, 0) is 36.6 Å². The minimum Gasteiger partial charge on any atom is -1.00 e. The summed E-state index contributed by atoms with van der Waals surface area (Å²) in [5, 5.41) is 31.9. The number of para-hydroxylation sites is 1. The first-order valence-electron chi connectivity index (χ1n) is 27.1. The number of carbonyl (C=O) groups excluding carboxylic acids is 2. The summed E-state index contributed by atoms with van der Waals surface area (Å²) in [6.07, 6.45) is 12.5. The van der Waals surface area contributed by atoms with Gasteiger partial charge >= 0.3 is 0 Å². The van der Waals surface area contributed by atoms with E-state index in [1.54, 1.807) is 27.7 Å². The third-order valence-electron chi connectivity index (χ3n) is 13.9. The lowest BCUT2D eigenvalue weighted by Crippen LogP contribution is -3.00. The number of benzene rings is 2. The number of phenols is 1. The van der Waals surface area contributed by atoms with Gasteiger partial charge in [0.05, 0.1) is 68.9 Å². The molecule has 2 aliphatic heterocycles. The van der Waals surface area contributed by atoms with E-state index in [2.05, 4.69) is 66.6 Å². The van der Waals surface area contributed by atoms with E-state index in [-0.39, 0.29) is 42.6 Å². The molecule has 24 nitrogen and oxygen atoms in total. The topological polar surface area (TPSA) is 301 Å². The average molecular weight is 1110 g/mol. The fourth-order valence-electron chi connectivity index (χ4n) is 9.64. The Bertz CT molecular complexity index is 2830. The van der Waals surface area contributed by atoms with E-state index < -0.39 is 18.1 Å². The Labute approximate surface area is 467 Å². The van der Waals surface area contributed by atoms with Crippen molar-refractivity contribution >= 4 is 40.6 Å². The summed E-state index contributed by atoms with van der Waals surface area (Å²) in [5.74, 6) is 4.17. The second-order valence-electron chi connectivity index (χ2n) is 20.2. The molecule has 2 aromatic carbocycles. The van der Waals surface area contributed by atoms with Gasteiger partial charge in [-0.25, -0.2) is 9.36 Å². The molecular formula is C54H76ClN18O6-. The summed E-state index contributed by atoms with van der Waals surface area (Å²) in [6.45, 7) is 10.9. The standard InChI is InChI=1S/C54H76N18O6.ClH/c1-4-26-76-28-30-78-31-29-77-27-17-58-52-60-53(69-22-18-67(19-23-69)50(74)48(11-7-8-16-55)71-36-46(63-65-71)43(56)32-38(2)3)62-54(61-52)70-24-20-68(21-25-70)51(75)49(35-41-34-40-9-5-6-10-45(40)59-41)72-37-47(64-66-72)44(57)33-39-12-14-42(73)15-13-39;/h1,5-6,9-10,12-15,34,36-38,43-44,48-49,59,73H,7-8,11,16-33,35,55-57H2,2-3H3,(H,58,60,61,62);1H/p-1. The van der Waals surface area contributed by atoms with Gasteiger partial charge in [0.1, 0.15) is 24.4 Å². The molecule has 6 aromatic rings. The molecule has 4 aromatic heterocycles. The summed E-state index contributed by atoms with van der Waals surface area (Å²) in [5.41, 5.74) is 23.0. The first-order valence-corrected chi connectivity index (χ1v) is 27.1. The number of carbonyl (C=O) groups is 2. The number of piperazine rings is 2. The molecule has 0 spiro atoms. The normalized spacial score (nSPS) is 15.5. The number of phenolic OH excluding ortho intramolecular Hbond substituents is 1. The predicted molar refractivity (Wildman–Crippen MR) is 295 cm³/mol. The molecular weight excluding hydrogens is 1030 g/mol. The van der Waals surface area contributed by atoms with E-state index in [9.17, 15) is 14.7 Å². The quantitative estimate of drug-likeness (QED) is 0.0261. The maximum Gasteiger partial charge on any atom is 0.248 e. The number of rotatable bonds is 29. The van der Waals surface area contributed by atoms with Crippen molar-refractivity contribution < 1.29 is 41.3 Å². The van der Waals surface area contributed by atoms with Crippen molar-refractivity contribution in [1.82, 2.24) is 59.7 Å². The highest BCUT2D eigenvalue weighted by molar-refractivity contribution is 5.83. The van der Waals surface area contributed by atoms with E-state index in [4.69, 9.17) is 52.8 Å². The van der Waals surface area contributed by atoms with Crippen molar-refractivity contribution in [2.45, 2.75) is 76.5 Å². The number of hydrogen-bond acceptors (Lipinski definition) is 19. The second kappa shape index (κ2) is 29.8. The molecule has 25 heteroatoms. The zero-order valence-electron chi connectivity index (χ0n) is 45.3. The average Bonchev–Trinajstić information content (AvgIpc) is 4.32. The first-order chi connectivity index (χ1) is 38.0. The molecule has 2 amide bonds. The Morgan fingerprint density at radius 1 is 0.747 bits per heavy atom. The molecule has 4 unspecified atom stereocenters. The SMILES string of the molecule is C#CCOCCOCCOCCNc1nc(N2CCN(C(=O)C(CCCCN)n3cc(C(N)CC(C)C)nn3)CC2)nc(N2CCN(C(=O)C(Cc3cc4ccccc4[nH]3)n3cc(C(N)Cc4ccc(O)cc4)nn3)CC2)n1.[Cl-]. The number of fused-ring (bicyclic) bond motifs is 1. The van der Waals surface area contributed by atoms with Crippen LogP contribution in [0.1, 0.15) is 86.3 Å². The van der Waals surface area contributed by atoms with Gasteiger partial charge in [0.2, 0.25) is 29.7 Å². The minimum absolute atomic E-state index is 0. The number of ether oxygens (including phenoxy) is 3. The van der Waals surface area contributed by atoms with Gasteiger partial charge in [-0.15, -0.1) is 16.6 Å². The van der Waals surface area contributed by atoms with E-state index in [1.807, 2.05) is 52.4 Å². The van der Waals surface area contributed by atoms with Crippen molar-refractivity contribution in [1.29, 1.82) is 0 Å². The van der Waals surface area contributed by atoms with Crippen LogP contribution in [0.15, 0.2) is 67.0 Å². The van der Waals surface area contributed by atoms with Crippen LogP contribution in [0.5, 0.6) is 5.75 Å². The molecule has 0 saturated carbocycles. The largest absolute Gasteiger partial charge is 1.00 e. The van der Waals surface area contributed by atoms with Gasteiger partial charge in [-0.1, -0.05) is 60.5 Å². The molecule has 2 fully saturated rings. The van der Waals surface area contributed by atoms with Gasteiger partial charge in [0, 0.05) is 76.5 Å². The number of unbranched alkanes of at least 4 members (excludes halogenated alkanes) is 1. The Hall–Kier alpha value is -6.98. The molecule has 9 N–H and O–H groups in total. The zero-order valence-corrected chi connectivity index (χ0v) is 46.0. The number of aromatic amines is 1. The van der Waals surface area contributed by atoms with E-state index in [1.165, 1.54) is 0 Å². The number of aromatic nitrogens is 10. The number of terminal acetylenes is 1. The van der Waals surface area contributed by atoms with Crippen LogP contribution in [0.25, 0.3) is 10.9 Å². The number of H-pyrrole nitrogens is 1. The van der Waals surface area contributed by atoms with Crippen molar-refractivity contribution in [2.24, 2.45) is 23.1 Å². The summed E-state index contributed by atoms with van der Waals surface area (Å²) < 4.78 is 19.9. The minimum atomic E-state index is -0.721. The number of aromatic hydroxyl groups is 1. The Morgan fingerprint density at radius 2 is 1.33 bits per heavy atom. The van der Waals surface area contributed by atoms with Crippen LogP contribution in [0, 0.1) is 18.3 Å². The number of anilines is 3. The number of amides is 2. The van der Waals surface area contributed by atoms with Gasteiger partial charge in [-0.2, -0.15) is 15.0 Å². The third kappa shape index (κ3) is 16.8. The summed E-state index contributed by atoms with van der Waals surface area (Å²) in [7, 11) is 0. The first kappa shape index (κ1) is 59.7. The van der Waals surface area contributed by atoms with Crippen LogP contribution in [0.4, 0.5) is 17.8 Å². The molecule has 0 bridgehead atoms. The molecule has 6 heterocycles. The number of nitrogens with one attached hydrogen (secondary N) is 2. The van der Waals surface area contributed by atoms with Crippen LogP contribution in [0.3, 0.4) is 0 Å². The van der Waals surface area contributed by atoms with Crippen molar-refractivity contribution in [3.05, 3.63) is 89.6 Å². The van der Waals surface area contributed by atoms with Crippen LogP contribution >= 0.6 is 0 Å². The van der Waals surface area contributed by atoms with E-state index in [0.717, 1.165) is 41.4 Å². The summed E-state index contributed by atoms with van der Waals surface area (Å²) in [4.78, 5) is 55.3. The molecule has 0 aliphatic carbocycles. The van der Waals surface area contributed by atoms with Crippen molar-refractivity contribution in [2.75, 3.05) is 120 Å². The van der Waals surface area contributed by atoms with Crippen LogP contribution < -0.4 is 44.7 Å². The van der Waals surface area contributed by atoms with Crippen LogP contribution in [0.2, 0.25) is 0 Å². The highest BCUT2D eigenvalue weighted by Crippen LogP contribution is 2.27. The molecule has 426 valence electrons. The van der Waals surface area contributed by atoms with Gasteiger partial charge in [-0.05, 0) is 79.8 Å². The lowest BCUT2D eigenvalue weighted by molar-refractivity contribution is -0.136. The maximum atomic E-state index is 14.8.